The van der Waals surface area contributed by atoms with Crippen LogP contribution in [0.15, 0.2) is 36.8 Å². The van der Waals surface area contributed by atoms with E-state index >= 15 is 0 Å². The maximum Gasteiger partial charge on any atom is 0.130 e. The Hall–Kier alpha value is -1.81. The zero-order chi connectivity index (χ0) is 13.8. The number of aromatic nitrogens is 2. The molecule has 102 valence electrons. The summed E-state index contributed by atoms with van der Waals surface area (Å²) in [4.78, 5) is 4.16. The van der Waals surface area contributed by atoms with E-state index in [9.17, 15) is 0 Å². The summed E-state index contributed by atoms with van der Waals surface area (Å²) in [5.41, 5.74) is 8.00. The van der Waals surface area contributed by atoms with Gasteiger partial charge in [-0.3, -0.25) is 0 Å². The summed E-state index contributed by atoms with van der Waals surface area (Å²) in [7, 11) is 0. The normalized spacial score (nSPS) is 12.7. The highest BCUT2D eigenvalue weighted by atomic mass is 16.5. The van der Waals surface area contributed by atoms with E-state index in [1.54, 1.807) is 0 Å². The van der Waals surface area contributed by atoms with Crippen LogP contribution in [0.1, 0.15) is 44.1 Å². The molecule has 0 fully saturated rings. The maximum atomic E-state index is 5.82. The van der Waals surface area contributed by atoms with Crippen LogP contribution in [0.25, 0.3) is 0 Å². The van der Waals surface area contributed by atoms with Gasteiger partial charge in [0.2, 0.25) is 0 Å². The van der Waals surface area contributed by atoms with Gasteiger partial charge in [-0.15, -0.1) is 0 Å². The molecule has 0 amide bonds. The van der Waals surface area contributed by atoms with Gasteiger partial charge in [0, 0.05) is 12.1 Å². The quantitative estimate of drug-likeness (QED) is 0.897. The highest BCUT2D eigenvalue weighted by molar-refractivity contribution is 5.28. The van der Waals surface area contributed by atoms with Crippen LogP contribution in [-0.2, 0) is 6.61 Å². The summed E-state index contributed by atoms with van der Waals surface area (Å²) < 4.78 is 7.88. The van der Waals surface area contributed by atoms with Crippen LogP contribution in [-0.4, -0.2) is 9.55 Å². The van der Waals surface area contributed by atoms with Gasteiger partial charge < -0.3 is 15.0 Å². The first kappa shape index (κ1) is 13.6. The average Bonchev–Trinajstić information content (AvgIpc) is 2.85. The first-order valence-electron chi connectivity index (χ1n) is 6.57. The molecule has 0 bridgehead atoms. The molecule has 1 heterocycles. The lowest BCUT2D eigenvalue weighted by molar-refractivity contribution is 0.292. The lowest BCUT2D eigenvalue weighted by Gasteiger charge is -2.13. The van der Waals surface area contributed by atoms with Crippen molar-refractivity contribution in [3.63, 3.8) is 0 Å². The minimum Gasteiger partial charge on any atom is -0.487 e. The molecule has 0 saturated heterocycles. The topological polar surface area (TPSA) is 53.1 Å². The fourth-order valence-electron chi connectivity index (χ4n) is 1.93. The van der Waals surface area contributed by atoms with Crippen LogP contribution in [0.5, 0.6) is 5.75 Å². The van der Waals surface area contributed by atoms with Gasteiger partial charge in [-0.2, -0.15) is 0 Å². The third-order valence-electron chi connectivity index (χ3n) is 3.10. The minimum absolute atomic E-state index is 0.0522. The summed E-state index contributed by atoms with van der Waals surface area (Å²) in [6.45, 7) is 6.75. The number of ether oxygens (including phenoxy) is 1. The Bertz CT molecular complexity index is 514. The van der Waals surface area contributed by atoms with Gasteiger partial charge in [0.25, 0.3) is 0 Å². The van der Waals surface area contributed by atoms with Gasteiger partial charge >= 0.3 is 0 Å². The monoisotopic (exact) mass is 259 g/mol. The van der Waals surface area contributed by atoms with Crippen LogP contribution in [0, 0.1) is 0 Å². The van der Waals surface area contributed by atoms with Gasteiger partial charge in [0.1, 0.15) is 12.4 Å². The van der Waals surface area contributed by atoms with E-state index in [2.05, 4.69) is 23.4 Å². The molecule has 2 N–H and O–H groups in total. The number of hydrogen-bond acceptors (Lipinski definition) is 3. The number of benzene rings is 1. The van der Waals surface area contributed by atoms with Crippen molar-refractivity contribution in [2.24, 2.45) is 5.73 Å². The molecule has 0 spiro atoms. The van der Waals surface area contributed by atoms with E-state index in [0.29, 0.717) is 12.6 Å². The highest BCUT2D eigenvalue weighted by Gasteiger charge is 2.06. The standard InChI is InChI=1S/C15H21N3O/c1-11(2)18-10-17-8-14(18)9-19-15-6-4-13(5-7-15)12(3)16/h4-8,10-12H,9,16H2,1-3H3/t12-/m0/s1. The zero-order valence-electron chi connectivity index (χ0n) is 11.7. The molecular weight excluding hydrogens is 238 g/mol. The minimum atomic E-state index is 0.0522. The summed E-state index contributed by atoms with van der Waals surface area (Å²) >= 11 is 0. The SMILES string of the molecule is CC(C)n1cncc1COc1ccc([C@H](C)N)cc1. The van der Waals surface area contributed by atoms with Crippen molar-refractivity contribution in [2.45, 2.75) is 39.5 Å². The van der Waals surface area contributed by atoms with Crippen molar-refractivity contribution in [3.05, 3.63) is 48.0 Å². The van der Waals surface area contributed by atoms with E-state index in [1.165, 1.54) is 0 Å². The van der Waals surface area contributed by atoms with Crippen molar-refractivity contribution in [3.8, 4) is 5.75 Å². The summed E-state index contributed by atoms with van der Waals surface area (Å²) in [6, 6.07) is 8.35. The van der Waals surface area contributed by atoms with Crippen LogP contribution >= 0.6 is 0 Å². The molecule has 0 aliphatic heterocycles. The molecule has 4 nitrogen and oxygen atoms in total. The summed E-state index contributed by atoms with van der Waals surface area (Å²) in [5, 5.41) is 0. The van der Waals surface area contributed by atoms with Crippen LogP contribution < -0.4 is 10.5 Å². The smallest absolute Gasteiger partial charge is 0.130 e. The molecule has 0 unspecified atom stereocenters. The molecule has 1 aromatic heterocycles. The first-order chi connectivity index (χ1) is 9.08. The van der Waals surface area contributed by atoms with Crippen molar-refractivity contribution in [1.29, 1.82) is 0 Å². The van der Waals surface area contributed by atoms with Gasteiger partial charge in [-0.1, -0.05) is 12.1 Å². The van der Waals surface area contributed by atoms with Crippen molar-refractivity contribution >= 4 is 0 Å². The Morgan fingerprint density at radius 1 is 1.21 bits per heavy atom. The van der Waals surface area contributed by atoms with E-state index < -0.39 is 0 Å². The Kier molecular flexibility index (Phi) is 4.22. The number of nitrogens with two attached hydrogens (primary N) is 1. The lowest BCUT2D eigenvalue weighted by atomic mass is 10.1. The van der Waals surface area contributed by atoms with Gasteiger partial charge in [0.05, 0.1) is 18.2 Å². The van der Waals surface area contributed by atoms with E-state index in [1.807, 2.05) is 43.7 Å². The molecule has 0 radical (unpaired) electrons. The number of nitrogens with zero attached hydrogens (tertiary/aromatic N) is 2. The third-order valence-corrected chi connectivity index (χ3v) is 3.10. The fraction of sp³-hybridized carbons (Fsp3) is 0.400. The second-order valence-corrected chi connectivity index (χ2v) is 5.03. The summed E-state index contributed by atoms with van der Waals surface area (Å²) in [5.74, 6) is 0.848. The second-order valence-electron chi connectivity index (χ2n) is 5.03. The van der Waals surface area contributed by atoms with Crippen molar-refractivity contribution < 1.29 is 4.74 Å². The van der Waals surface area contributed by atoms with Gasteiger partial charge in [-0.05, 0) is 38.5 Å². The van der Waals surface area contributed by atoms with Crippen LogP contribution in [0.3, 0.4) is 0 Å². The van der Waals surface area contributed by atoms with Crippen LogP contribution in [0.2, 0.25) is 0 Å². The van der Waals surface area contributed by atoms with E-state index in [0.717, 1.165) is 17.0 Å². The number of rotatable bonds is 5. The molecule has 1 atom stereocenters. The van der Waals surface area contributed by atoms with Crippen LogP contribution in [0.4, 0.5) is 0 Å². The summed E-state index contributed by atoms with van der Waals surface area (Å²) in [6.07, 6.45) is 3.68. The number of hydrogen-bond donors (Lipinski definition) is 1. The number of imidazole rings is 1. The molecule has 19 heavy (non-hydrogen) atoms. The molecular formula is C15H21N3O. The van der Waals surface area contributed by atoms with E-state index in [4.69, 9.17) is 10.5 Å². The second kappa shape index (κ2) is 5.89. The molecule has 0 aliphatic rings. The maximum absolute atomic E-state index is 5.82. The molecule has 2 aromatic rings. The lowest BCUT2D eigenvalue weighted by Crippen LogP contribution is -2.07. The third kappa shape index (κ3) is 3.35. The fourth-order valence-corrected chi connectivity index (χ4v) is 1.93. The molecule has 2 rings (SSSR count). The average molecular weight is 259 g/mol. The molecule has 0 saturated carbocycles. The largest absolute Gasteiger partial charge is 0.487 e. The Morgan fingerprint density at radius 2 is 1.89 bits per heavy atom. The Morgan fingerprint density at radius 3 is 2.47 bits per heavy atom. The Balaban J connectivity index is 2.00. The van der Waals surface area contributed by atoms with Gasteiger partial charge in [-0.25, -0.2) is 4.98 Å². The first-order valence-corrected chi connectivity index (χ1v) is 6.57. The molecule has 4 heteroatoms. The van der Waals surface area contributed by atoms with E-state index in [-0.39, 0.29) is 6.04 Å². The predicted octanol–water partition coefficient (Wildman–Crippen LogP) is 3.06. The van der Waals surface area contributed by atoms with Crippen molar-refractivity contribution in [2.75, 3.05) is 0 Å². The molecule has 1 aromatic carbocycles. The van der Waals surface area contributed by atoms with Crippen molar-refractivity contribution in [1.82, 2.24) is 9.55 Å². The van der Waals surface area contributed by atoms with Gasteiger partial charge in [0.15, 0.2) is 0 Å². The highest BCUT2D eigenvalue weighted by Crippen LogP contribution is 2.18. The zero-order valence-corrected chi connectivity index (χ0v) is 11.7. The molecule has 0 aliphatic carbocycles. The predicted molar refractivity (Wildman–Crippen MR) is 76.0 cm³/mol. The Labute approximate surface area is 114 Å².